The van der Waals surface area contributed by atoms with Crippen molar-refractivity contribution in [1.29, 1.82) is 0 Å². The van der Waals surface area contributed by atoms with Crippen LogP contribution in [-0.2, 0) is 0 Å². The Morgan fingerprint density at radius 1 is 0.750 bits per heavy atom. The van der Waals surface area contributed by atoms with E-state index in [4.69, 9.17) is 35.4 Å². The molecule has 0 saturated heterocycles. The van der Waals surface area contributed by atoms with Crippen molar-refractivity contribution in [2.24, 2.45) is 0 Å². The molecule has 0 spiro atoms. The summed E-state index contributed by atoms with van der Waals surface area (Å²) >= 11 is 18.2. The molecule has 4 aromatic carbocycles. The van der Waals surface area contributed by atoms with E-state index in [0.717, 1.165) is 44.2 Å². The second-order valence-electron chi connectivity index (χ2n) is 9.31. The SMILES string of the molecule is O=[N+]([O-])c1ccc(NC(=S)Nc2ccc(C(c3c[nH]c4ccc(Cl)cc34)c3c[nH]c4ccc(Cl)cc34)cc2)cc1. The highest BCUT2D eigenvalue weighted by molar-refractivity contribution is 7.80. The molecule has 2 aromatic heterocycles. The number of non-ortho nitro benzene ring substituents is 1. The molecular formula is C30H21Cl2N5O2S. The number of nitrogens with one attached hydrogen (secondary N) is 4. The van der Waals surface area contributed by atoms with Crippen molar-refractivity contribution < 1.29 is 4.92 Å². The molecule has 40 heavy (non-hydrogen) atoms. The molecule has 0 fully saturated rings. The molecule has 198 valence electrons. The summed E-state index contributed by atoms with van der Waals surface area (Å²) in [7, 11) is 0. The van der Waals surface area contributed by atoms with E-state index in [9.17, 15) is 10.1 Å². The summed E-state index contributed by atoms with van der Waals surface area (Å²) in [4.78, 5) is 17.2. The van der Waals surface area contributed by atoms with Crippen LogP contribution >= 0.6 is 35.4 Å². The lowest BCUT2D eigenvalue weighted by Crippen LogP contribution is -2.19. The molecule has 6 aromatic rings. The molecule has 4 N–H and O–H groups in total. The lowest BCUT2D eigenvalue weighted by atomic mass is 9.84. The number of anilines is 2. The summed E-state index contributed by atoms with van der Waals surface area (Å²) in [5.41, 5.74) is 6.73. The Morgan fingerprint density at radius 2 is 1.23 bits per heavy atom. The van der Waals surface area contributed by atoms with Crippen molar-refractivity contribution in [1.82, 2.24) is 9.97 Å². The van der Waals surface area contributed by atoms with Crippen molar-refractivity contribution in [3.8, 4) is 0 Å². The van der Waals surface area contributed by atoms with Crippen LogP contribution in [-0.4, -0.2) is 20.0 Å². The number of nitro groups is 1. The summed E-state index contributed by atoms with van der Waals surface area (Å²) < 4.78 is 0. The van der Waals surface area contributed by atoms with Gasteiger partial charge in [0.15, 0.2) is 5.11 Å². The van der Waals surface area contributed by atoms with Crippen molar-refractivity contribution in [2.75, 3.05) is 10.6 Å². The first-order valence-electron chi connectivity index (χ1n) is 12.3. The average molecular weight is 587 g/mol. The number of rotatable bonds is 6. The first-order chi connectivity index (χ1) is 19.4. The number of aromatic nitrogens is 2. The average Bonchev–Trinajstić information content (AvgIpc) is 3.54. The number of thiocarbonyl (C=S) groups is 1. The lowest BCUT2D eigenvalue weighted by molar-refractivity contribution is -0.384. The van der Waals surface area contributed by atoms with Gasteiger partial charge in [0, 0.05) is 73.7 Å². The van der Waals surface area contributed by atoms with Gasteiger partial charge >= 0.3 is 0 Å². The van der Waals surface area contributed by atoms with Crippen molar-refractivity contribution >= 4 is 79.4 Å². The third-order valence-corrected chi connectivity index (χ3v) is 7.49. The molecule has 0 aliphatic rings. The standard InChI is InChI=1S/C30H21Cl2N5O2S/c31-18-3-11-27-23(13-18)25(15-33-27)29(26-16-34-28-12-4-19(32)14-24(26)28)17-1-5-20(6-2-17)35-30(40)36-21-7-9-22(10-8-21)37(38)39/h1-16,29,33-34H,(H2,35,36,40). The highest BCUT2D eigenvalue weighted by Crippen LogP contribution is 2.40. The number of halogens is 2. The fourth-order valence-electron chi connectivity index (χ4n) is 4.95. The van der Waals surface area contributed by atoms with E-state index in [1.54, 1.807) is 12.1 Å². The zero-order chi connectivity index (χ0) is 27.8. The minimum Gasteiger partial charge on any atom is -0.361 e. The van der Waals surface area contributed by atoms with Gasteiger partial charge in [-0.15, -0.1) is 0 Å². The number of nitro benzene ring substituents is 1. The molecule has 0 aliphatic heterocycles. The van der Waals surface area contributed by atoms with Gasteiger partial charge in [0.1, 0.15) is 0 Å². The molecule has 2 heterocycles. The van der Waals surface area contributed by atoms with E-state index in [1.165, 1.54) is 12.1 Å². The number of nitrogens with zero attached hydrogens (tertiary/aromatic N) is 1. The number of benzene rings is 4. The minimum atomic E-state index is -0.440. The highest BCUT2D eigenvalue weighted by atomic mass is 35.5. The van der Waals surface area contributed by atoms with Crippen LogP contribution in [0.1, 0.15) is 22.6 Å². The van der Waals surface area contributed by atoms with E-state index in [1.807, 2.05) is 60.9 Å². The maximum absolute atomic E-state index is 10.9. The van der Waals surface area contributed by atoms with Gasteiger partial charge in [-0.25, -0.2) is 0 Å². The van der Waals surface area contributed by atoms with Gasteiger partial charge in [0.2, 0.25) is 0 Å². The second-order valence-corrected chi connectivity index (χ2v) is 10.6. The first-order valence-corrected chi connectivity index (χ1v) is 13.5. The number of H-pyrrole nitrogens is 2. The number of aromatic amines is 2. The van der Waals surface area contributed by atoms with Gasteiger partial charge in [-0.2, -0.15) is 0 Å². The Bertz CT molecular complexity index is 1800. The van der Waals surface area contributed by atoms with E-state index in [0.29, 0.717) is 20.8 Å². The summed E-state index contributed by atoms with van der Waals surface area (Å²) in [5.74, 6) is -0.112. The third-order valence-electron chi connectivity index (χ3n) is 6.81. The second kappa shape index (κ2) is 10.7. The molecule has 0 unspecified atom stereocenters. The van der Waals surface area contributed by atoms with Crippen LogP contribution in [0.5, 0.6) is 0 Å². The number of hydrogen-bond donors (Lipinski definition) is 4. The predicted molar refractivity (Wildman–Crippen MR) is 167 cm³/mol. The molecule has 0 radical (unpaired) electrons. The summed E-state index contributed by atoms with van der Waals surface area (Å²) in [6, 6.07) is 25.8. The molecule has 0 bridgehead atoms. The molecule has 6 rings (SSSR count). The highest BCUT2D eigenvalue weighted by Gasteiger charge is 2.23. The van der Waals surface area contributed by atoms with Crippen molar-refractivity contribution in [3.63, 3.8) is 0 Å². The van der Waals surface area contributed by atoms with Crippen LogP contribution in [0, 0.1) is 10.1 Å². The number of fused-ring (bicyclic) bond motifs is 2. The fourth-order valence-corrected chi connectivity index (χ4v) is 5.53. The van der Waals surface area contributed by atoms with Crippen molar-refractivity contribution in [3.05, 3.63) is 134 Å². The Morgan fingerprint density at radius 3 is 1.70 bits per heavy atom. The van der Waals surface area contributed by atoms with Gasteiger partial charge in [0.25, 0.3) is 5.69 Å². The van der Waals surface area contributed by atoms with E-state index in [2.05, 4.69) is 32.7 Å². The molecule has 10 heteroatoms. The van der Waals surface area contributed by atoms with Gasteiger partial charge in [-0.05, 0) is 89.6 Å². The van der Waals surface area contributed by atoms with Crippen LogP contribution in [0.15, 0.2) is 97.3 Å². The summed E-state index contributed by atoms with van der Waals surface area (Å²) in [5, 5.41) is 20.9. The third kappa shape index (κ3) is 5.12. The molecular weight excluding hydrogens is 565 g/mol. The van der Waals surface area contributed by atoms with Gasteiger partial charge in [0.05, 0.1) is 4.92 Å². The van der Waals surface area contributed by atoms with Crippen LogP contribution in [0.4, 0.5) is 17.1 Å². The van der Waals surface area contributed by atoms with Gasteiger partial charge < -0.3 is 20.6 Å². The smallest absolute Gasteiger partial charge is 0.269 e. The van der Waals surface area contributed by atoms with E-state index in [-0.39, 0.29) is 11.6 Å². The van der Waals surface area contributed by atoms with Crippen LogP contribution in [0.2, 0.25) is 10.0 Å². The van der Waals surface area contributed by atoms with E-state index >= 15 is 0 Å². The number of hydrogen-bond acceptors (Lipinski definition) is 3. The van der Waals surface area contributed by atoms with Gasteiger partial charge in [-0.1, -0.05) is 35.3 Å². The van der Waals surface area contributed by atoms with Crippen LogP contribution < -0.4 is 10.6 Å². The lowest BCUT2D eigenvalue weighted by Gasteiger charge is -2.18. The fraction of sp³-hybridized carbons (Fsp3) is 0.0333. The van der Waals surface area contributed by atoms with Crippen LogP contribution in [0.3, 0.4) is 0 Å². The predicted octanol–water partition coefficient (Wildman–Crippen LogP) is 8.85. The summed E-state index contributed by atoms with van der Waals surface area (Å²) in [6.07, 6.45) is 4.06. The largest absolute Gasteiger partial charge is 0.361 e. The van der Waals surface area contributed by atoms with Crippen LogP contribution in [0.25, 0.3) is 21.8 Å². The zero-order valence-corrected chi connectivity index (χ0v) is 23.1. The molecule has 0 saturated carbocycles. The maximum Gasteiger partial charge on any atom is 0.269 e. The Labute approximate surface area is 244 Å². The van der Waals surface area contributed by atoms with Crippen molar-refractivity contribution in [2.45, 2.75) is 5.92 Å². The topological polar surface area (TPSA) is 98.8 Å². The Hall–Kier alpha value is -4.37. The molecule has 0 atom stereocenters. The minimum absolute atomic E-state index is 0.0181. The molecule has 7 nitrogen and oxygen atoms in total. The Kier molecular flexibility index (Phi) is 6.89. The maximum atomic E-state index is 10.9. The quantitative estimate of drug-likeness (QED) is 0.0888. The zero-order valence-electron chi connectivity index (χ0n) is 20.7. The summed E-state index contributed by atoms with van der Waals surface area (Å²) in [6.45, 7) is 0. The first kappa shape index (κ1) is 25.9. The Balaban J connectivity index is 1.32. The van der Waals surface area contributed by atoms with E-state index < -0.39 is 4.92 Å². The normalized spacial score (nSPS) is 11.3. The monoisotopic (exact) mass is 585 g/mol. The van der Waals surface area contributed by atoms with Gasteiger partial charge in [-0.3, -0.25) is 10.1 Å². The molecule has 0 amide bonds. The molecule has 0 aliphatic carbocycles.